The summed E-state index contributed by atoms with van der Waals surface area (Å²) in [7, 11) is 0. The third-order valence-corrected chi connectivity index (χ3v) is 5.09. The molecule has 0 atom stereocenters. The second-order valence-electron chi connectivity index (χ2n) is 8.76. The molecule has 29 heavy (non-hydrogen) atoms. The highest BCUT2D eigenvalue weighted by molar-refractivity contribution is 5.94. The Balaban J connectivity index is 1.99. The Morgan fingerprint density at radius 2 is 1.79 bits per heavy atom. The lowest BCUT2D eigenvalue weighted by molar-refractivity contribution is 0.0945. The van der Waals surface area contributed by atoms with E-state index in [1.165, 1.54) is 18.4 Å². The van der Waals surface area contributed by atoms with Crippen LogP contribution in [0.4, 0.5) is 0 Å². The highest BCUT2D eigenvalue weighted by atomic mass is 16.1. The van der Waals surface area contributed by atoms with E-state index in [2.05, 4.69) is 52.1 Å². The zero-order valence-corrected chi connectivity index (χ0v) is 18.2. The van der Waals surface area contributed by atoms with Gasteiger partial charge in [0.25, 0.3) is 5.91 Å². The van der Waals surface area contributed by atoms with Crippen molar-refractivity contribution in [3.63, 3.8) is 0 Å². The molecule has 3 aromatic rings. The van der Waals surface area contributed by atoms with Crippen LogP contribution in [0.1, 0.15) is 75.1 Å². The van der Waals surface area contributed by atoms with Crippen LogP contribution >= 0.6 is 0 Å². The summed E-state index contributed by atoms with van der Waals surface area (Å²) in [5, 5.41) is 7.76. The van der Waals surface area contributed by atoms with Gasteiger partial charge in [0.2, 0.25) is 0 Å². The van der Waals surface area contributed by atoms with E-state index >= 15 is 0 Å². The predicted octanol–water partition coefficient (Wildman–Crippen LogP) is 5.31. The number of nitrogens with one attached hydrogen (secondary N) is 1. The molecule has 5 heteroatoms. The van der Waals surface area contributed by atoms with Gasteiger partial charge >= 0.3 is 0 Å². The van der Waals surface area contributed by atoms with Gasteiger partial charge in [0, 0.05) is 23.6 Å². The number of aromatic nitrogens is 3. The van der Waals surface area contributed by atoms with Crippen molar-refractivity contribution in [1.29, 1.82) is 0 Å². The summed E-state index contributed by atoms with van der Waals surface area (Å²) in [6.07, 6.45) is 4.50. The molecule has 1 N–H and O–H groups in total. The molecular weight excluding hydrogens is 360 g/mol. The fraction of sp³-hybridized carbons (Fsp3) is 0.458. The van der Waals surface area contributed by atoms with E-state index in [9.17, 15) is 4.79 Å². The normalized spacial score (nSPS) is 11.8. The monoisotopic (exact) mass is 392 g/mol. The molecule has 1 amide bonds. The van der Waals surface area contributed by atoms with Gasteiger partial charge in [-0.05, 0) is 19.4 Å². The summed E-state index contributed by atoms with van der Waals surface area (Å²) in [6, 6.07) is 12.0. The Morgan fingerprint density at radius 3 is 2.45 bits per heavy atom. The van der Waals surface area contributed by atoms with Crippen molar-refractivity contribution >= 4 is 11.6 Å². The average Bonchev–Trinajstić information content (AvgIpc) is 3.12. The Labute approximate surface area is 173 Å². The second-order valence-corrected chi connectivity index (χ2v) is 8.76. The largest absolute Gasteiger partial charge is 0.351 e. The SMILES string of the molecule is CCCCCCNC(=O)c1cc(-c2ccc(C)cc2)nc2cc(C(C)(C)C)nn12. The maximum absolute atomic E-state index is 13.0. The number of hydrogen-bond donors (Lipinski definition) is 1. The van der Waals surface area contributed by atoms with Gasteiger partial charge in [-0.1, -0.05) is 76.8 Å². The van der Waals surface area contributed by atoms with Gasteiger partial charge in [-0.15, -0.1) is 0 Å². The van der Waals surface area contributed by atoms with Crippen molar-refractivity contribution in [3.8, 4) is 11.3 Å². The first kappa shape index (κ1) is 21.0. The molecule has 0 aliphatic heterocycles. The van der Waals surface area contributed by atoms with Gasteiger partial charge in [0.05, 0.1) is 11.4 Å². The van der Waals surface area contributed by atoms with Gasteiger partial charge in [0.1, 0.15) is 5.69 Å². The summed E-state index contributed by atoms with van der Waals surface area (Å²) >= 11 is 0. The molecule has 0 aliphatic rings. The molecule has 1 aromatic carbocycles. The molecule has 0 unspecified atom stereocenters. The van der Waals surface area contributed by atoms with Crippen molar-refractivity contribution in [2.75, 3.05) is 6.54 Å². The van der Waals surface area contributed by atoms with Crippen LogP contribution < -0.4 is 5.32 Å². The summed E-state index contributed by atoms with van der Waals surface area (Å²) in [4.78, 5) is 17.8. The van der Waals surface area contributed by atoms with Crippen LogP contribution in [-0.4, -0.2) is 27.0 Å². The number of carbonyl (C=O) groups is 1. The zero-order chi connectivity index (χ0) is 21.0. The average molecular weight is 393 g/mol. The first-order chi connectivity index (χ1) is 13.8. The topological polar surface area (TPSA) is 59.3 Å². The predicted molar refractivity (Wildman–Crippen MR) is 118 cm³/mol. The van der Waals surface area contributed by atoms with Crippen molar-refractivity contribution in [2.45, 2.75) is 65.7 Å². The molecule has 154 valence electrons. The van der Waals surface area contributed by atoms with Crippen molar-refractivity contribution in [3.05, 3.63) is 53.3 Å². The van der Waals surface area contributed by atoms with E-state index in [4.69, 9.17) is 10.1 Å². The Hall–Kier alpha value is -2.69. The van der Waals surface area contributed by atoms with E-state index < -0.39 is 0 Å². The Kier molecular flexibility index (Phi) is 6.36. The molecule has 0 spiro atoms. The molecule has 0 aliphatic carbocycles. The van der Waals surface area contributed by atoms with E-state index in [0.29, 0.717) is 17.9 Å². The molecule has 0 saturated heterocycles. The Morgan fingerprint density at radius 1 is 1.07 bits per heavy atom. The van der Waals surface area contributed by atoms with Gasteiger partial charge < -0.3 is 5.32 Å². The lowest BCUT2D eigenvalue weighted by atomic mass is 9.93. The van der Waals surface area contributed by atoms with Gasteiger partial charge in [0.15, 0.2) is 5.65 Å². The van der Waals surface area contributed by atoms with Crippen LogP contribution in [0.15, 0.2) is 36.4 Å². The first-order valence-corrected chi connectivity index (χ1v) is 10.6. The minimum Gasteiger partial charge on any atom is -0.351 e. The van der Waals surface area contributed by atoms with Crippen LogP contribution in [0.2, 0.25) is 0 Å². The molecule has 0 saturated carbocycles. The van der Waals surface area contributed by atoms with Gasteiger partial charge in [-0.25, -0.2) is 9.50 Å². The minimum atomic E-state index is -0.119. The summed E-state index contributed by atoms with van der Waals surface area (Å²) in [6.45, 7) is 11.3. The van der Waals surface area contributed by atoms with Crippen LogP contribution in [0.25, 0.3) is 16.9 Å². The molecule has 3 rings (SSSR count). The third kappa shape index (κ3) is 5.03. The highest BCUT2D eigenvalue weighted by Gasteiger charge is 2.22. The number of aryl methyl sites for hydroxylation is 1. The molecule has 0 bridgehead atoms. The quantitative estimate of drug-likeness (QED) is 0.554. The van der Waals surface area contributed by atoms with Crippen LogP contribution in [-0.2, 0) is 5.41 Å². The molecule has 0 radical (unpaired) electrons. The third-order valence-electron chi connectivity index (χ3n) is 5.09. The molecule has 5 nitrogen and oxygen atoms in total. The fourth-order valence-electron chi connectivity index (χ4n) is 3.22. The summed E-state index contributed by atoms with van der Waals surface area (Å²) < 4.78 is 1.68. The highest BCUT2D eigenvalue weighted by Crippen LogP contribution is 2.25. The maximum atomic E-state index is 13.0. The van der Waals surface area contributed by atoms with E-state index in [1.54, 1.807) is 4.52 Å². The van der Waals surface area contributed by atoms with E-state index in [-0.39, 0.29) is 11.3 Å². The minimum absolute atomic E-state index is 0.106. The summed E-state index contributed by atoms with van der Waals surface area (Å²) in [5.41, 5.74) is 5.00. The maximum Gasteiger partial charge on any atom is 0.270 e. The van der Waals surface area contributed by atoms with Crippen LogP contribution in [0.5, 0.6) is 0 Å². The Bertz CT molecular complexity index is 981. The number of rotatable bonds is 7. The van der Waals surface area contributed by atoms with Crippen LogP contribution in [0, 0.1) is 6.92 Å². The van der Waals surface area contributed by atoms with E-state index in [1.807, 2.05) is 24.3 Å². The van der Waals surface area contributed by atoms with Crippen molar-refractivity contribution in [2.24, 2.45) is 0 Å². The zero-order valence-electron chi connectivity index (χ0n) is 18.2. The number of hydrogen-bond acceptors (Lipinski definition) is 3. The number of fused-ring (bicyclic) bond motifs is 1. The number of benzene rings is 1. The number of amides is 1. The van der Waals surface area contributed by atoms with Crippen molar-refractivity contribution in [1.82, 2.24) is 19.9 Å². The smallest absolute Gasteiger partial charge is 0.270 e. The van der Waals surface area contributed by atoms with E-state index in [0.717, 1.165) is 29.8 Å². The molecule has 2 heterocycles. The first-order valence-electron chi connectivity index (χ1n) is 10.6. The molecule has 2 aromatic heterocycles. The van der Waals surface area contributed by atoms with Gasteiger partial charge in [-0.3, -0.25) is 4.79 Å². The number of nitrogens with zero attached hydrogens (tertiary/aromatic N) is 3. The van der Waals surface area contributed by atoms with Crippen molar-refractivity contribution < 1.29 is 4.79 Å². The van der Waals surface area contributed by atoms with Gasteiger partial charge in [-0.2, -0.15) is 5.10 Å². The molecular formula is C24H32N4O. The van der Waals surface area contributed by atoms with Crippen LogP contribution in [0.3, 0.4) is 0 Å². The molecule has 0 fully saturated rings. The lowest BCUT2D eigenvalue weighted by Crippen LogP contribution is -2.27. The number of unbranched alkanes of at least 4 members (excludes halogenated alkanes) is 3. The number of carbonyl (C=O) groups excluding carboxylic acids is 1. The lowest BCUT2D eigenvalue weighted by Gasteiger charge is -2.13. The fourth-order valence-corrected chi connectivity index (χ4v) is 3.22. The standard InChI is InChI=1S/C24H32N4O/c1-6-7-8-9-14-25-23(29)20-15-19(18-12-10-17(2)11-13-18)26-22-16-21(24(3,4)5)27-28(20)22/h10-13,15-16H,6-9,14H2,1-5H3,(H,25,29). The second kappa shape index (κ2) is 8.76. The summed E-state index contributed by atoms with van der Waals surface area (Å²) in [5.74, 6) is -0.106.